The number of nitrogens with one attached hydrogen (secondary N) is 1. The second kappa shape index (κ2) is 11.4. The maximum Gasteiger partial charge on any atom is 0.324 e. The number of amides is 2. The first-order valence-corrected chi connectivity index (χ1v) is 12.4. The Kier molecular flexibility index (Phi) is 8.02. The molecule has 0 bridgehead atoms. The summed E-state index contributed by atoms with van der Waals surface area (Å²) in [6, 6.07) is 9.68. The van der Waals surface area contributed by atoms with E-state index in [0.29, 0.717) is 31.4 Å². The van der Waals surface area contributed by atoms with Gasteiger partial charge in [0.2, 0.25) is 0 Å². The van der Waals surface area contributed by atoms with Crippen LogP contribution in [0.4, 0.5) is 10.6 Å². The van der Waals surface area contributed by atoms with Crippen molar-refractivity contribution in [2.75, 3.05) is 11.9 Å². The highest BCUT2D eigenvalue weighted by Gasteiger charge is 2.33. The van der Waals surface area contributed by atoms with Crippen molar-refractivity contribution in [3.8, 4) is 0 Å². The fourth-order valence-electron chi connectivity index (χ4n) is 4.75. The molecule has 35 heavy (non-hydrogen) atoms. The first kappa shape index (κ1) is 24.7. The summed E-state index contributed by atoms with van der Waals surface area (Å²) in [4.78, 5) is 27.1. The van der Waals surface area contributed by atoms with Gasteiger partial charge in [0.15, 0.2) is 5.82 Å². The van der Waals surface area contributed by atoms with Gasteiger partial charge in [-0.25, -0.2) is 4.79 Å². The standard InChI is InChI=1S/C27H35N7O/c1-19(2)22-9-7-12-28-24(22)18-33(17-23-21(4)15-20(3)16-29-23)26-11-5-6-14-34(26)27(35)31-25-10-8-13-30-32-25/h7-10,12-13,15-16,19,26H,5-6,11,14,17-18H2,1-4H3,(H,31,32,35). The number of carbonyl (C=O) groups excluding carboxylic acids is 1. The van der Waals surface area contributed by atoms with Gasteiger partial charge in [0, 0.05) is 38.2 Å². The van der Waals surface area contributed by atoms with Crippen LogP contribution in [-0.4, -0.2) is 48.7 Å². The largest absolute Gasteiger partial charge is 0.324 e. The van der Waals surface area contributed by atoms with Gasteiger partial charge in [0.1, 0.15) is 0 Å². The predicted molar refractivity (Wildman–Crippen MR) is 137 cm³/mol. The van der Waals surface area contributed by atoms with Crippen LogP contribution in [0.25, 0.3) is 0 Å². The minimum atomic E-state index is -0.154. The Labute approximate surface area is 207 Å². The normalized spacial score (nSPS) is 16.1. The zero-order valence-corrected chi connectivity index (χ0v) is 21.1. The van der Waals surface area contributed by atoms with Crippen LogP contribution in [0.3, 0.4) is 0 Å². The van der Waals surface area contributed by atoms with Gasteiger partial charge in [0.25, 0.3) is 0 Å². The third-order valence-corrected chi connectivity index (χ3v) is 6.54. The molecule has 1 unspecified atom stereocenters. The Morgan fingerprint density at radius 3 is 2.66 bits per heavy atom. The highest BCUT2D eigenvalue weighted by atomic mass is 16.2. The Bertz CT molecular complexity index is 1140. The predicted octanol–water partition coefficient (Wildman–Crippen LogP) is 5.05. The number of piperidine rings is 1. The number of aromatic nitrogens is 4. The van der Waals surface area contributed by atoms with Gasteiger partial charge in [0.05, 0.1) is 17.6 Å². The summed E-state index contributed by atoms with van der Waals surface area (Å²) in [7, 11) is 0. The lowest BCUT2D eigenvalue weighted by Crippen LogP contribution is -2.54. The van der Waals surface area contributed by atoms with Gasteiger partial charge < -0.3 is 4.90 Å². The third-order valence-electron chi connectivity index (χ3n) is 6.54. The van der Waals surface area contributed by atoms with Crippen molar-refractivity contribution >= 4 is 11.8 Å². The number of rotatable bonds is 7. The molecule has 1 saturated heterocycles. The zero-order valence-electron chi connectivity index (χ0n) is 21.1. The van der Waals surface area contributed by atoms with E-state index in [1.54, 1.807) is 18.3 Å². The topological polar surface area (TPSA) is 87.1 Å². The fraction of sp³-hybridized carbons (Fsp3) is 0.444. The first-order chi connectivity index (χ1) is 16.9. The van der Waals surface area contributed by atoms with Crippen molar-refractivity contribution in [2.24, 2.45) is 0 Å². The minimum absolute atomic E-state index is 0.0788. The van der Waals surface area contributed by atoms with Crippen LogP contribution in [-0.2, 0) is 13.1 Å². The number of aryl methyl sites for hydroxylation is 2. The molecular formula is C27H35N7O. The van der Waals surface area contributed by atoms with Crippen molar-refractivity contribution in [1.82, 2.24) is 30.0 Å². The van der Waals surface area contributed by atoms with E-state index in [1.165, 1.54) is 5.56 Å². The molecular weight excluding hydrogens is 438 g/mol. The van der Waals surface area contributed by atoms with Gasteiger partial charge in [-0.15, -0.1) is 5.10 Å². The number of hydrogen-bond donors (Lipinski definition) is 1. The van der Waals surface area contributed by atoms with Crippen LogP contribution in [0.2, 0.25) is 0 Å². The molecule has 8 nitrogen and oxygen atoms in total. The molecule has 3 aromatic heterocycles. The van der Waals surface area contributed by atoms with Gasteiger partial charge in [-0.2, -0.15) is 5.10 Å². The summed E-state index contributed by atoms with van der Waals surface area (Å²) in [6.45, 7) is 10.5. The van der Waals surface area contributed by atoms with Crippen molar-refractivity contribution < 1.29 is 4.79 Å². The Hall–Kier alpha value is -3.39. The van der Waals surface area contributed by atoms with Crippen molar-refractivity contribution in [1.29, 1.82) is 0 Å². The lowest BCUT2D eigenvalue weighted by molar-refractivity contribution is 0.0299. The van der Waals surface area contributed by atoms with E-state index in [4.69, 9.17) is 9.97 Å². The maximum absolute atomic E-state index is 13.4. The number of likely N-dealkylation sites (tertiary alicyclic amines) is 1. The zero-order chi connectivity index (χ0) is 24.8. The summed E-state index contributed by atoms with van der Waals surface area (Å²) in [5, 5.41) is 10.8. The molecule has 2 amide bonds. The molecule has 8 heteroatoms. The average molecular weight is 474 g/mol. The number of carbonyl (C=O) groups is 1. The smallest absolute Gasteiger partial charge is 0.309 e. The van der Waals surface area contributed by atoms with Crippen LogP contribution in [0.5, 0.6) is 0 Å². The van der Waals surface area contributed by atoms with E-state index in [0.717, 1.165) is 41.8 Å². The molecule has 1 aliphatic heterocycles. The third kappa shape index (κ3) is 6.19. The van der Waals surface area contributed by atoms with Gasteiger partial charge in [-0.05, 0) is 73.9 Å². The number of hydrogen-bond acceptors (Lipinski definition) is 6. The summed E-state index contributed by atoms with van der Waals surface area (Å²) in [5.74, 6) is 0.818. The minimum Gasteiger partial charge on any atom is -0.309 e. The molecule has 0 radical (unpaired) electrons. The number of anilines is 1. The molecule has 0 saturated carbocycles. The van der Waals surface area contributed by atoms with Crippen molar-refractivity contribution in [3.05, 3.63) is 77.0 Å². The van der Waals surface area contributed by atoms with Crippen LogP contribution in [0.1, 0.15) is 67.1 Å². The second-order valence-electron chi connectivity index (χ2n) is 9.58. The van der Waals surface area contributed by atoms with E-state index < -0.39 is 0 Å². The Morgan fingerprint density at radius 2 is 1.91 bits per heavy atom. The molecule has 0 aliphatic carbocycles. The molecule has 4 rings (SSSR count). The van der Waals surface area contributed by atoms with Crippen LogP contribution in [0.15, 0.2) is 48.9 Å². The molecule has 3 aromatic rings. The molecule has 0 aromatic carbocycles. The average Bonchev–Trinajstić information content (AvgIpc) is 2.86. The summed E-state index contributed by atoms with van der Waals surface area (Å²) >= 11 is 0. The van der Waals surface area contributed by atoms with E-state index >= 15 is 0 Å². The number of nitrogens with zero attached hydrogens (tertiary/aromatic N) is 6. The lowest BCUT2D eigenvalue weighted by Gasteiger charge is -2.42. The van der Waals surface area contributed by atoms with E-state index in [1.807, 2.05) is 23.4 Å². The summed E-state index contributed by atoms with van der Waals surface area (Å²) < 4.78 is 0. The van der Waals surface area contributed by atoms with E-state index in [2.05, 4.69) is 60.2 Å². The molecule has 184 valence electrons. The second-order valence-corrected chi connectivity index (χ2v) is 9.58. The van der Waals surface area contributed by atoms with Crippen LogP contribution >= 0.6 is 0 Å². The fourth-order valence-corrected chi connectivity index (χ4v) is 4.75. The van der Waals surface area contributed by atoms with Crippen molar-refractivity contribution in [3.63, 3.8) is 0 Å². The summed E-state index contributed by atoms with van der Waals surface area (Å²) in [5.41, 5.74) is 5.61. The number of urea groups is 1. The van der Waals surface area contributed by atoms with Gasteiger partial charge in [-0.3, -0.25) is 20.2 Å². The molecule has 1 aliphatic rings. The monoisotopic (exact) mass is 473 g/mol. The molecule has 0 spiro atoms. The molecule has 1 N–H and O–H groups in total. The molecule has 1 atom stereocenters. The quantitative estimate of drug-likeness (QED) is 0.516. The van der Waals surface area contributed by atoms with Crippen LogP contribution < -0.4 is 5.32 Å². The van der Waals surface area contributed by atoms with Gasteiger partial charge >= 0.3 is 6.03 Å². The van der Waals surface area contributed by atoms with Crippen LogP contribution in [0, 0.1) is 13.8 Å². The van der Waals surface area contributed by atoms with E-state index in [9.17, 15) is 4.79 Å². The molecule has 1 fully saturated rings. The van der Waals surface area contributed by atoms with E-state index in [-0.39, 0.29) is 12.2 Å². The lowest BCUT2D eigenvalue weighted by atomic mass is 10.00. The Balaban J connectivity index is 1.65. The SMILES string of the molecule is Cc1cnc(CN(Cc2ncccc2C(C)C)C2CCCCN2C(=O)Nc2cccnn2)c(C)c1. The van der Waals surface area contributed by atoms with Gasteiger partial charge in [-0.1, -0.05) is 26.0 Å². The highest BCUT2D eigenvalue weighted by molar-refractivity contribution is 5.88. The Morgan fingerprint density at radius 1 is 1.11 bits per heavy atom. The molecule has 4 heterocycles. The first-order valence-electron chi connectivity index (χ1n) is 12.4. The highest BCUT2D eigenvalue weighted by Crippen LogP contribution is 2.27. The van der Waals surface area contributed by atoms with Crippen molar-refractivity contribution in [2.45, 2.75) is 72.1 Å². The number of pyridine rings is 2. The maximum atomic E-state index is 13.4. The summed E-state index contributed by atoms with van der Waals surface area (Å²) in [6.07, 6.45) is 8.22.